The Bertz CT molecular complexity index is 354. The molecule has 6 heteroatoms. The van der Waals surface area contributed by atoms with E-state index in [-0.39, 0.29) is 6.61 Å². The first kappa shape index (κ1) is 11.7. The maximum Gasteiger partial charge on any atom is 0.420 e. The third-order valence-corrected chi connectivity index (χ3v) is 2.28. The molecule has 1 rings (SSSR count). The van der Waals surface area contributed by atoms with Crippen molar-refractivity contribution in [2.75, 3.05) is 7.05 Å². The highest BCUT2D eigenvalue weighted by Crippen LogP contribution is 2.02. The van der Waals surface area contributed by atoms with Crippen LogP contribution >= 0.6 is 0 Å². The summed E-state index contributed by atoms with van der Waals surface area (Å²) in [7, 11) is 1.12. The number of benzene rings is 1. The van der Waals surface area contributed by atoms with Crippen molar-refractivity contribution in [3.8, 4) is 0 Å². The monoisotopic (exact) mass is 228 g/mol. The van der Waals surface area contributed by atoms with Crippen LogP contribution in [0.5, 0.6) is 0 Å². The van der Waals surface area contributed by atoms with Gasteiger partial charge in [-0.05, 0) is 5.56 Å². The second-order valence-electron chi connectivity index (χ2n) is 2.75. The van der Waals surface area contributed by atoms with Crippen LogP contribution in [0.3, 0.4) is 0 Å². The Kier molecular flexibility index (Phi) is 4.26. The predicted molar refractivity (Wildman–Crippen MR) is 53.3 cm³/mol. The minimum atomic E-state index is -2.59. The van der Waals surface area contributed by atoms with Crippen molar-refractivity contribution >= 4 is 17.4 Å². The Morgan fingerprint density at radius 2 is 2.07 bits per heavy atom. The third kappa shape index (κ3) is 3.69. The summed E-state index contributed by atoms with van der Waals surface area (Å²) < 4.78 is 26.0. The standard InChI is InChI=1S/C9H11NO4S/c1-10(15(12)13)9(11)14-7-8-5-3-2-4-6-8/h2-6H,7H2,1H3,(H,12,13)/p-1. The molecule has 0 radical (unpaired) electrons. The molecule has 0 aliphatic heterocycles. The molecule has 0 saturated heterocycles. The number of carbonyl (C=O) groups is 1. The summed E-state index contributed by atoms with van der Waals surface area (Å²) in [6.07, 6.45) is -0.896. The highest BCUT2D eigenvalue weighted by molar-refractivity contribution is 7.77. The highest BCUT2D eigenvalue weighted by Gasteiger charge is 2.09. The van der Waals surface area contributed by atoms with E-state index in [0.717, 1.165) is 12.6 Å². The first-order valence-electron chi connectivity index (χ1n) is 4.15. The molecule has 0 heterocycles. The van der Waals surface area contributed by atoms with Crippen LogP contribution in [0.15, 0.2) is 30.3 Å². The van der Waals surface area contributed by atoms with Crippen LogP contribution in [0.2, 0.25) is 0 Å². The molecule has 0 saturated carbocycles. The van der Waals surface area contributed by atoms with E-state index >= 15 is 0 Å². The normalized spacial score (nSPS) is 11.9. The minimum Gasteiger partial charge on any atom is -0.755 e. The fraction of sp³-hybridized carbons (Fsp3) is 0.222. The van der Waals surface area contributed by atoms with Gasteiger partial charge in [-0.25, -0.2) is 9.10 Å². The largest absolute Gasteiger partial charge is 0.755 e. The molecular formula is C9H10NO4S-. The van der Waals surface area contributed by atoms with E-state index in [1.807, 2.05) is 6.07 Å². The SMILES string of the molecule is CN(C(=O)OCc1ccccc1)S(=O)[O-]. The number of carbonyl (C=O) groups excluding carboxylic acids is 1. The molecule has 0 bridgehead atoms. The van der Waals surface area contributed by atoms with E-state index in [1.54, 1.807) is 24.3 Å². The molecule has 0 fully saturated rings. The zero-order valence-electron chi connectivity index (χ0n) is 8.08. The molecule has 1 aromatic rings. The fourth-order valence-electron chi connectivity index (χ4n) is 0.871. The number of hydrogen-bond acceptors (Lipinski definition) is 4. The Balaban J connectivity index is 2.44. The van der Waals surface area contributed by atoms with Crippen molar-refractivity contribution < 1.29 is 18.3 Å². The summed E-state index contributed by atoms with van der Waals surface area (Å²) in [6, 6.07) is 9.00. The maximum atomic E-state index is 11.1. The van der Waals surface area contributed by atoms with Crippen LogP contribution in [0.25, 0.3) is 0 Å². The molecule has 1 amide bonds. The Labute approximate surface area is 90.1 Å². The second-order valence-corrected chi connectivity index (χ2v) is 3.74. The van der Waals surface area contributed by atoms with Gasteiger partial charge in [0.2, 0.25) is 0 Å². The number of amides is 1. The van der Waals surface area contributed by atoms with E-state index in [0.29, 0.717) is 4.31 Å². The predicted octanol–water partition coefficient (Wildman–Crippen LogP) is 1.05. The van der Waals surface area contributed by atoms with E-state index < -0.39 is 17.4 Å². The Morgan fingerprint density at radius 1 is 1.47 bits per heavy atom. The Hall–Kier alpha value is -1.40. The molecule has 1 aromatic carbocycles. The molecule has 5 nitrogen and oxygen atoms in total. The first-order chi connectivity index (χ1) is 7.11. The van der Waals surface area contributed by atoms with Gasteiger partial charge in [0, 0.05) is 7.05 Å². The molecule has 15 heavy (non-hydrogen) atoms. The summed E-state index contributed by atoms with van der Waals surface area (Å²) in [5.41, 5.74) is 0.802. The summed E-state index contributed by atoms with van der Waals surface area (Å²) in [4.78, 5) is 11.1. The molecule has 82 valence electrons. The number of hydrogen-bond donors (Lipinski definition) is 0. The van der Waals surface area contributed by atoms with E-state index in [4.69, 9.17) is 4.74 Å². The molecule has 0 aromatic heterocycles. The van der Waals surface area contributed by atoms with Gasteiger partial charge in [-0.3, -0.25) is 4.21 Å². The van der Waals surface area contributed by atoms with Crippen LogP contribution in [-0.2, 0) is 22.6 Å². The zero-order valence-corrected chi connectivity index (χ0v) is 8.90. The average molecular weight is 228 g/mol. The van der Waals surface area contributed by atoms with E-state index in [2.05, 4.69) is 0 Å². The van der Waals surface area contributed by atoms with Crippen molar-refractivity contribution in [2.45, 2.75) is 6.61 Å². The van der Waals surface area contributed by atoms with E-state index in [9.17, 15) is 13.6 Å². The lowest BCUT2D eigenvalue weighted by Gasteiger charge is -2.18. The first-order valence-corrected chi connectivity index (χ1v) is 5.18. The van der Waals surface area contributed by atoms with Crippen molar-refractivity contribution in [1.29, 1.82) is 0 Å². The van der Waals surface area contributed by atoms with Gasteiger partial charge >= 0.3 is 6.09 Å². The smallest absolute Gasteiger partial charge is 0.420 e. The van der Waals surface area contributed by atoms with Gasteiger partial charge in [0.05, 0.1) is 11.3 Å². The number of ether oxygens (including phenoxy) is 1. The topological polar surface area (TPSA) is 69.7 Å². The highest BCUT2D eigenvalue weighted by atomic mass is 32.2. The van der Waals surface area contributed by atoms with Crippen LogP contribution in [0.4, 0.5) is 4.79 Å². The quantitative estimate of drug-likeness (QED) is 0.725. The van der Waals surface area contributed by atoms with Gasteiger partial charge in [0.25, 0.3) is 0 Å². The van der Waals surface area contributed by atoms with Crippen molar-refractivity contribution in [1.82, 2.24) is 4.31 Å². The van der Waals surface area contributed by atoms with Gasteiger partial charge < -0.3 is 9.29 Å². The van der Waals surface area contributed by atoms with E-state index in [1.165, 1.54) is 0 Å². The van der Waals surface area contributed by atoms with Gasteiger partial charge in [0.15, 0.2) is 0 Å². The van der Waals surface area contributed by atoms with Crippen molar-refractivity contribution in [2.24, 2.45) is 0 Å². The molecule has 1 atom stereocenters. The Morgan fingerprint density at radius 3 is 2.60 bits per heavy atom. The molecular weight excluding hydrogens is 218 g/mol. The molecule has 1 unspecified atom stereocenters. The van der Waals surface area contributed by atoms with Crippen LogP contribution in [0.1, 0.15) is 5.56 Å². The lowest BCUT2D eigenvalue weighted by molar-refractivity contribution is 0.123. The van der Waals surface area contributed by atoms with Crippen LogP contribution in [0, 0.1) is 0 Å². The number of rotatable bonds is 3. The summed E-state index contributed by atoms with van der Waals surface area (Å²) in [6.45, 7) is 0.0568. The summed E-state index contributed by atoms with van der Waals surface area (Å²) >= 11 is -2.59. The lowest BCUT2D eigenvalue weighted by Crippen LogP contribution is -2.28. The van der Waals surface area contributed by atoms with Gasteiger partial charge in [0.1, 0.15) is 6.61 Å². The van der Waals surface area contributed by atoms with Gasteiger partial charge in [-0.15, -0.1) is 0 Å². The molecule has 0 N–H and O–H groups in total. The van der Waals surface area contributed by atoms with Crippen molar-refractivity contribution in [3.63, 3.8) is 0 Å². The zero-order chi connectivity index (χ0) is 11.3. The van der Waals surface area contributed by atoms with Crippen LogP contribution < -0.4 is 0 Å². The van der Waals surface area contributed by atoms with Crippen LogP contribution in [-0.4, -0.2) is 26.2 Å². The molecule has 0 aliphatic rings. The summed E-state index contributed by atoms with van der Waals surface area (Å²) in [5, 5.41) is 0. The maximum absolute atomic E-state index is 11.1. The molecule has 0 spiro atoms. The minimum absolute atomic E-state index is 0.0568. The van der Waals surface area contributed by atoms with Gasteiger partial charge in [-0.2, -0.15) is 0 Å². The second kappa shape index (κ2) is 5.47. The fourth-order valence-corrected chi connectivity index (χ4v) is 1.05. The van der Waals surface area contributed by atoms with Gasteiger partial charge in [-0.1, -0.05) is 30.3 Å². The van der Waals surface area contributed by atoms with Crippen molar-refractivity contribution in [3.05, 3.63) is 35.9 Å². The number of nitrogens with zero attached hydrogens (tertiary/aromatic N) is 1. The summed E-state index contributed by atoms with van der Waals surface area (Å²) in [5.74, 6) is 0. The average Bonchev–Trinajstić information content (AvgIpc) is 2.26. The third-order valence-electron chi connectivity index (χ3n) is 1.69. The lowest BCUT2D eigenvalue weighted by atomic mass is 10.2. The molecule has 0 aliphatic carbocycles.